The number of piperazine rings is 1. The van der Waals surface area contributed by atoms with Gasteiger partial charge >= 0.3 is 0 Å². The smallest absolute Gasteiger partial charge is 0.259 e. The van der Waals surface area contributed by atoms with Crippen LogP contribution in [-0.4, -0.2) is 54.9 Å². The number of amides is 1. The number of aryl methyl sites for hydroxylation is 1. The first kappa shape index (κ1) is 20.1. The van der Waals surface area contributed by atoms with Crippen LogP contribution in [-0.2, 0) is 10.0 Å². The molecule has 1 saturated carbocycles. The molecule has 2 aromatic rings. The highest BCUT2D eigenvalue weighted by Gasteiger charge is 2.31. The summed E-state index contributed by atoms with van der Waals surface area (Å²) in [5.41, 5.74) is 1.67. The largest absolute Gasteiger partial charge is 0.361 e. The Balaban J connectivity index is 1.41. The molecule has 1 aromatic carbocycles. The third-order valence-corrected chi connectivity index (χ3v) is 8.01. The van der Waals surface area contributed by atoms with Gasteiger partial charge in [-0.05, 0) is 43.4 Å². The summed E-state index contributed by atoms with van der Waals surface area (Å²) in [7, 11) is -3.56. The van der Waals surface area contributed by atoms with Gasteiger partial charge in [0.25, 0.3) is 5.91 Å². The van der Waals surface area contributed by atoms with Gasteiger partial charge in [-0.1, -0.05) is 36.6 Å². The van der Waals surface area contributed by atoms with Crippen LogP contribution in [0.25, 0.3) is 0 Å². The Labute approximate surface area is 171 Å². The molecular weight excluding hydrogens is 390 g/mol. The molecule has 1 amide bonds. The van der Waals surface area contributed by atoms with Crippen molar-refractivity contribution >= 4 is 15.9 Å². The molecular formula is C21H27N3O4S. The van der Waals surface area contributed by atoms with Gasteiger partial charge in [0.2, 0.25) is 10.0 Å². The van der Waals surface area contributed by atoms with Crippen molar-refractivity contribution in [1.29, 1.82) is 0 Å². The van der Waals surface area contributed by atoms with E-state index in [4.69, 9.17) is 4.52 Å². The van der Waals surface area contributed by atoms with E-state index in [0.29, 0.717) is 35.2 Å². The maximum absolute atomic E-state index is 13.0. The molecule has 156 valence electrons. The molecule has 29 heavy (non-hydrogen) atoms. The van der Waals surface area contributed by atoms with E-state index in [1.54, 1.807) is 24.0 Å². The molecule has 4 rings (SSSR count). The third kappa shape index (κ3) is 4.09. The fraction of sp³-hybridized carbons (Fsp3) is 0.524. The molecule has 0 radical (unpaired) electrons. The molecule has 1 saturated heterocycles. The fourth-order valence-electron chi connectivity index (χ4n) is 4.30. The minimum atomic E-state index is -3.56. The van der Waals surface area contributed by atoms with Crippen LogP contribution in [0.2, 0.25) is 0 Å². The van der Waals surface area contributed by atoms with Crippen molar-refractivity contribution < 1.29 is 17.7 Å². The Hall–Kier alpha value is -2.19. The second-order valence-corrected chi connectivity index (χ2v) is 9.83. The van der Waals surface area contributed by atoms with E-state index in [9.17, 15) is 13.2 Å². The van der Waals surface area contributed by atoms with Crippen LogP contribution in [0.1, 0.15) is 59.7 Å². The number of hydrogen-bond donors (Lipinski definition) is 0. The fourth-order valence-corrected chi connectivity index (χ4v) is 5.73. The predicted molar refractivity (Wildman–Crippen MR) is 108 cm³/mol. The predicted octanol–water partition coefficient (Wildman–Crippen LogP) is 3.18. The van der Waals surface area contributed by atoms with Crippen molar-refractivity contribution in [2.24, 2.45) is 0 Å². The first-order valence-electron chi connectivity index (χ1n) is 10.3. The van der Waals surface area contributed by atoms with Gasteiger partial charge in [0.1, 0.15) is 11.3 Å². The zero-order chi connectivity index (χ0) is 20.4. The van der Waals surface area contributed by atoms with Crippen molar-refractivity contribution in [3.8, 4) is 0 Å². The van der Waals surface area contributed by atoms with Gasteiger partial charge in [-0.3, -0.25) is 4.79 Å². The molecule has 8 heteroatoms. The first-order chi connectivity index (χ1) is 14.0. The highest BCUT2D eigenvalue weighted by molar-refractivity contribution is 7.89. The number of rotatable bonds is 4. The maximum Gasteiger partial charge on any atom is 0.259 e. The second-order valence-electron chi connectivity index (χ2n) is 7.90. The van der Waals surface area contributed by atoms with E-state index in [-0.39, 0.29) is 19.0 Å². The van der Waals surface area contributed by atoms with Crippen LogP contribution in [0.5, 0.6) is 0 Å². The van der Waals surface area contributed by atoms with Crippen molar-refractivity contribution in [1.82, 2.24) is 14.4 Å². The number of nitrogens with zero attached hydrogens (tertiary/aromatic N) is 3. The van der Waals surface area contributed by atoms with Gasteiger partial charge in [0, 0.05) is 26.2 Å². The SMILES string of the molecule is Cc1oncc1C(=O)N1CCN(S(=O)(=O)c2ccc(C3CCCCC3)cc2)CC1. The van der Waals surface area contributed by atoms with E-state index < -0.39 is 10.0 Å². The van der Waals surface area contributed by atoms with Crippen molar-refractivity contribution in [2.75, 3.05) is 26.2 Å². The summed E-state index contributed by atoms with van der Waals surface area (Å²) in [6, 6.07) is 7.41. The van der Waals surface area contributed by atoms with E-state index in [2.05, 4.69) is 5.16 Å². The topological polar surface area (TPSA) is 83.7 Å². The average Bonchev–Trinajstić information content (AvgIpc) is 3.20. The molecule has 2 fully saturated rings. The van der Waals surface area contributed by atoms with Crippen molar-refractivity contribution in [3.63, 3.8) is 0 Å². The quantitative estimate of drug-likeness (QED) is 0.763. The number of carbonyl (C=O) groups is 1. The standard InChI is InChI=1S/C21H27N3O4S/c1-16-20(15-22-28-16)21(25)23-11-13-24(14-12-23)29(26,27)19-9-7-18(8-10-19)17-5-3-2-4-6-17/h7-10,15,17H,2-6,11-14H2,1H3. The van der Waals surface area contributed by atoms with Gasteiger partial charge in [0.05, 0.1) is 11.1 Å². The minimum absolute atomic E-state index is 0.169. The monoisotopic (exact) mass is 417 g/mol. The lowest BCUT2D eigenvalue weighted by Gasteiger charge is -2.34. The van der Waals surface area contributed by atoms with Crippen LogP contribution in [0.3, 0.4) is 0 Å². The third-order valence-electron chi connectivity index (χ3n) is 6.10. The summed E-state index contributed by atoms with van der Waals surface area (Å²) in [5, 5.41) is 3.64. The van der Waals surface area contributed by atoms with Gasteiger partial charge in [-0.2, -0.15) is 4.31 Å². The zero-order valence-corrected chi connectivity index (χ0v) is 17.5. The van der Waals surface area contributed by atoms with E-state index >= 15 is 0 Å². The maximum atomic E-state index is 13.0. The summed E-state index contributed by atoms with van der Waals surface area (Å²) >= 11 is 0. The Morgan fingerprint density at radius 1 is 1.03 bits per heavy atom. The molecule has 0 atom stereocenters. The molecule has 7 nitrogen and oxygen atoms in total. The summed E-state index contributed by atoms with van der Waals surface area (Å²) in [5.74, 6) is 0.858. The number of hydrogen-bond acceptors (Lipinski definition) is 5. The lowest BCUT2D eigenvalue weighted by atomic mass is 9.84. The van der Waals surface area contributed by atoms with Crippen LogP contribution >= 0.6 is 0 Å². The number of benzene rings is 1. The zero-order valence-electron chi connectivity index (χ0n) is 16.7. The van der Waals surface area contributed by atoms with Gasteiger partial charge in [-0.15, -0.1) is 0 Å². The molecule has 0 N–H and O–H groups in total. The van der Waals surface area contributed by atoms with Gasteiger partial charge in [-0.25, -0.2) is 8.42 Å². The van der Waals surface area contributed by atoms with Crippen LogP contribution in [0, 0.1) is 6.92 Å². The lowest BCUT2D eigenvalue weighted by Crippen LogP contribution is -2.50. The highest BCUT2D eigenvalue weighted by atomic mass is 32.2. The van der Waals surface area contributed by atoms with Crippen molar-refractivity contribution in [3.05, 3.63) is 47.3 Å². The summed E-state index contributed by atoms with van der Waals surface area (Å²) in [6.07, 6.45) is 7.59. The Kier molecular flexibility index (Phi) is 5.74. The molecule has 0 spiro atoms. The molecule has 0 unspecified atom stereocenters. The number of aromatic nitrogens is 1. The molecule has 1 aliphatic carbocycles. The highest BCUT2D eigenvalue weighted by Crippen LogP contribution is 2.33. The molecule has 2 aliphatic rings. The summed E-state index contributed by atoms with van der Waals surface area (Å²) in [4.78, 5) is 14.5. The second kappa shape index (κ2) is 8.28. The first-order valence-corrected chi connectivity index (χ1v) is 11.7. The van der Waals surface area contributed by atoms with Gasteiger partial charge < -0.3 is 9.42 Å². The Bertz CT molecular complexity index is 954. The molecule has 1 aliphatic heterocycles. The molecule has 1 aromatic heterocycles. The van der Waals surface area contributed by atoms with E-state index in [0.717, 1.165) is 0 Å². The summed E-state index contributed by atoms with van der Waals surface area (Å²) < 4.78 is 32.5. The molecule has 0 bridgehead atoms. The van der Waals surface area contributed by atoms with Crippen LogP contribution in [0.4, 0.5) is 0 Å². The lowest BCUT2D eigenvalue weighted by molar-refractivity contribution is 0.0696. The minimum Gasteiger partial charge on any atom is -0.361 e. The van der Waals surface area contributed by atoms with Crippen LogP contribution in [0.15, 0.2) is 39.9 Å². The Morgan fingerprint density at radius 2 is 1.69 bits per heavy atom. The van der Waals surface area contributed by atoms with E-state index in [1.165, 1.54) is 48.2 Å². The number of sulfonamides is 1. The molecule has 2 heterocycles. The average molecular weight is 418 g/mol. The summed E-state index contributed by atoms with van der Waals surface area (Å²) in [6.45, 7) is 2.95. The van der Waals surface area contributed by atoms with Crippen LogP contribution < -0.4 is 0 Å². The van der Waals surface area contributed by atoms with Crippen molar-refractivity contribution in [2.45, 2.75) is 49.8 Å². The van der Waals surface area contributed by atoms with E-state index in [1.807, 2.05) is 12.1 Å². The Morgan fingerprint density at radius 3 is 2.28 bits per heavy atom. The van der Waals surface area contributed by atoms with Gasteiger partial charge in [0.15, 0.2) is 0 Å². The normalized spacial score (nSPS) is 19.4. The number of carbonyl (C=O) groups excluding carboxylic acids is 1.